The number of rotatable bonds is 9. The number of nitrogens with zero attached hydrogens (tertiary/aromatic N) is 2. The highest BCUT2D eigenvalue weighted by atomic mass is 16.5. The Kier molecular flexibility index (Phi) is 5.40. The molecule has 1 aliphatic carbocycles. The Balaban J connectivity index is 2.02. The zero-order chi connectivity index (χ0) is 13.7. The third kappa shape index (κ3) is 4.05. The molecule has 2 rings (SSSR count). The van der Waals surface area contributed by atoms with E-state index in [1.165, 1.54) is 12.8 Å². The van der Waals surface area contributed by atoms with Crippen LogP contribution in [0.2, 0.25) is 0 Å². The van der Waals surface area contributed by atoms with Gasteiger partial charge in [-0.05, 0) is 38.6 Å². The lowest BCUT2D eigenvalue weighted by atomic mass is 10.0. The van der Waals surface area contributed by atoms with Crippen molar-refractivity contribution >= 4 is 0 Å². The Morgan fingerprint density at radius 2 is 2.26 bits per heavy atom. The second kappa shape index (κ2) is 7.06. The number of nitrogens with one attached hydrogen (secondary N) is 1. The molecule has 0 aliphatic heterocycles. The summed E-state index contributed by atoms with van der Waals surface area (Å²) < 4.78 is 8.12. The molecule has 1 aliphatic rings. The number of ether oxygens (including phenoxy) is 1. The molecular weight excluding hydrogens is 238 g/mol. The van der Waals surface area contributed by atoms with Crippen LogP contribution in [-0.4, -0.2) is 34.8 Å². The van der Waals surface area contributed by atoms with Crippen LogP contribution >= 0.6 is 0 Å². The molecule has 2 atom stereocenters. The second-order valence-corrected chi connectivity index (χ2v) is 5.48. The highest BCUT2D eigenvalue weighted by Crippen LogP contribution is 2.36. The van der Waals surface area contributed by atoms with Crippen LogP contribution in [-0.2, 0) is 18.2 Å². The molecule has 1 N–H and O–H groups in total. The smallest absolute Gasteiger partial charge is 0.110 e. The van der Waals surface area contributed by atoms with Crippen LogP contribution in [0.4, 0.5) is 0 Å². The summed E-state index contributed by atoms with van der Waals surface area (Å²) in [6, 6.07) is 0.383. The van der Waals surface area contributed by atoms with E-state index in [9.17, 15) is 0 Å². The normalized spacial score (nSPS) is 18.5. The van der Waals surface area contributed by atoms with Gasteiger partial charge in [0.2, 0.25) is 0 Å². The fourth-order valence-corrected chi connectivity index (χ4v) is 2.62. The zero-order valence-corrected chi connectivity index (χ0v) is 12.4. The van der Waals surface area contributed by atoms with Gasteiger partial charge in [-0.1, -0.05) is 6.92 Å². The minimum atomic E-state index is 0.341. The predicted octanol–water partition coefficient (Wildman–Crippen LogP) is 2.15. The SMILES string of the molecule is CCCNC(Cc1nccn1C)C(OCC)C1CC1. The first kappa shape index (κ1) is 14.5. The molecule has 0 bridgehead atoms. The van der Waals surface area contributed by atoms with Crippen molar-refractivity contribution < 1.29 is 4.74 Å². The molecule has 19 heavy (non-hydrogen) atoms. The summed E-state index contributed by atoms with van der Waals surface area (Å²) in [6.45, 7) is 6.14. The van der Waals surface area contributed by atoms with Gasteiger partial charge in [-0.25, -0.2) is 4.98 Å². The molecule has 0 amide bonds. The maximum atomic E-state index is 6.01. The van der Waals surface area contributed by atoms with E-state index in [2.05, 4.69) is 35.8 Å². The highest BCUT2D eigenvalue weighted by Gasteiger charge is 2.37. The Hall–Kier alpha value is -0.870. The Labute approximate surface area is 116 Å². The average Bonchev–Trinajstić information content (AvgIpc) is 3.17. The minimum Gasteiger partial charge on any atom is -0.377 e. The molecule has 1 aromatic rings. The van der Waals surface area contributed by atoms with E-state index < -0.39 is 0 Å². The van der Waals surface area contributed by atoms with Crippen LogP contribution in [0.5, 0.6) is 0 Å². The maximum absolute atomic E-state index is 6.01. The summed E-state index contributed by atoms with van der Waals surface area (Å²) in [5.41, 5.74) is 0. The lowest BCUT2D eigenvalue weighted by Crippen LogP contribution is -2.45. The third-order valence-corrected chi connectivity index (χ3v) is 3.82. The van der Waals surface area contributed by atoms with E-state index in [0.29, 0.717) is 12.1 Å². The van der Waals surface area contributed by atoms with E-state index in [0.717, 1.165) is 37.7 Å². The molecule has 2 unspecified atom stereocenters. The van der Waals surface area contributed by atoms with Gasteiger partial charge in [0.1, 0.15) is 5.82 Å². The van der Waals surface area contributed by atoms with Gasteiger partial charge in [0.25, 0.3) is 0 Å². The van der Waals surface area contributed by atoms with E-state index in [1.54, 1.807) is 0 Å². The molecule has 0 spiro atoms. The van der Waals surface area contributed by atoms with Crippen LogP contribution in [0, 0.1) is 5.92 Å². The fraction of sp³-hybridized carbons (Fsp3) is 0.800. The summed E-state index contributed by atoms with van der Waals surface area (Å²) in [5, 5.41) is 3.66. The van der Waals surface area contributed by atoms with Crippen molar-refractivity contribution in [3.05, 3.63) is 18.2 Å². The van der Waals surface area contributed by atoms with Crippen molar-refractivity contribution in [1.29, 1.82) is 0 Å². The second-order valence-electron chi connectivity index (χ2n) is 5.48. The predicted molar refractivity (Wildman–Crippen MR) is 77.1 cm³/mol. The standard InChI is InChI=1S/C15H27N3O/c1-4-8-16-13(11-14-17-9-10-18(14)3)15(19-5-2)12-6-7-12/h9-10,12-13,15-16H,4-8,11H2,1-3H3. The molecule has 0 aromatic carbocycles. The first-order valence-corrected chi connectivity index (χ1v) is 7.57. The molecule has 0 saturated heterocycles. The highest BCUT2D eigenvalue weighted by molar-refractivity contribution is 4.99. The van der Waals surface area contributed by atoms with Crippen LogP contribution < -0.4 is 5.32 Å². The van der Waals surface area contributed by atoms with Crippen molar-refractivity contribution in [1.82, 2.24) is 14.9 Å². The van der Waals surface area contributed by atoms with Gasteiger partial charge in [-0.3, -0.25) is 0 Å². The summed E-state index contributed by atoms with van der Waals surface area (Å²) in [6.07, 6.45) is 8.96. The topological polar surface area (TPSA) is 39.1 Å². The Morgan fingerprint density at radius 3 is 2.79 bits per heavy atom. The van der Waals surface area contributed by atoms with Gasteiger partial charge in [-0.2, -0.15) is 0 Å². The number of imidazole rings is 1. The summed E-state index contributed by atoms with van der Waals surface area (Å²) in [4.78, 5) is 4.45. The minimum absolute atomic E-state index is 0.341. The van der Waals surface area contributed by atoms with Crippen molar-refractivity contribution in [2.24, 2.45) is 13.0 Å². The molecule has 1 aromatic heterocycles. The van der Waals surface area contributed by atoms with E-state index in [4.69, 9.17) is 4.74 Å². The zero-order valence-electron chi connectivity index (χ0n) is 12.4. The summed E-state index contributed by atoms with van der Waals surface area (Å²) in [7, 11) is 2.06. The molecule has 1 heterocycles. The van der Waals surface area contributed by atoms with Crippen molar-refractivity contribution in [2.45, 2.75) is 51.7 Å². The monoisotopic (exact) mass is 265 g/mol. The van der Waals surface area contributed by atoms with Crippen LogP contribution in [0.25, 0.3) is 0 Å². The molecular formula is C15H27N3O. The Bertz CT molecular complexity index is 373. The van der Waals surface area contributed by atoms with E-state index >= 15 is 0 Å². The van der Waals surface area contributed by atoms with E-state index in [1.807, 2.05) is 12.4 Å². The number of hydrogen-bond acceptors (Lipinski definition) is 3. The number of aromatic nitrogens is 2. The molecule has 4 heteroatoms. The van der Waals surface area contributed by atoms with Gasteiger partial charge < -0.3 is 14.6 Å². The summed E-state index contributed by atoms with van der Waals surface area (Å²) in [5.74, 6) is 1.88. The maximum Gasteiger partial charge on any atom is 0.110 e. The summed E-state index contributed by atoms with van der Waals surface area (Å²) >= 11 is 0. The average molecular weight is 265 g/mol. The van der Waals surface area contributed by atoms with Crippen LogP contribution in [0.15, 0.2) is 12.4 Å². The van der Waals surface area contributed by atoms with E-state index in [-0.39, 0.29) is 0 Å². The van der Waals surface area contributed by atoms with Gasteiger partial charge in [0.15, 0.2) is 0 Å². The lowest BCUT2D eigenvalue weighted by molar-refractivity contribution is 0.0186. The molecule has 0 radical (unpaired) electrons. The largest absolute Gasteiger partial charge is 0.377 e. The van der Waals surface area contributed by atoms with Gasteiger partial charge in [0.05, 0.1) is 6.10 Å². The lowest BCUT2D eigenvalue weighted by Gasteiger charge is -2.28. The third-order valence-electron chi connectivity index (χ3n) is 3.82. The van der Waals surface area contributed by atoms with Gasteiger partial charge >= 0.3 is 0 Å². The van der Waals surface area contributed by atoms with Gasteiger partial charge in [-0.15, -0.1) is 0 Å². The Morgan fingerprint density at radius 1 is 1.47 bits per heavy atom. The molecule has 108 valence electrons. The van der Waals surface area contributed by atoms with Gasteiger partial charge in [0, 0.05) is 38.5 Å². The van der Waals surface area contributed by atoms with Crippen LogP contribution in [0.3, 0.4) is 0 Å². The molecule has 4 nitrogen and oxygen atoms in total. The first-order valence-electron chi connectivity index (χ1n) is 7.57. The number of aryl methyl sites for hydroxylation is 1. The number of hydrogen-bond donors (Lipinski definition) is 1. The van der Waals surface area contributed by atoms with Crippen LogP contribution in [0.1, 0.15) is 38.9 Å². The first-order chi connectivity index (χ1) is 9.26. The fourth-order valence-electron chi connectivity index (χ4n) is 2.62. The molecule has 1 saturated carbocycles. The van der Waals surface area contributed by atoms with Crippen molar-refractivity contribution in [2.75, 3.05) is 13.2 Å². The van der Waals surface area contributed by atoms with Crippen molar-refractivity contribution in [3.63, 3.8) is 0 Å². The molecule has 1 fully saturated rings. The van der Waals surface area contributed by atoms with Crippen molar-refractivity contribution in [3.8, 4) is 0 Å². The quantitative estimate of drug-likeness (QED) is 0.743.